The van der Waals surface area contributed by atoms with Gasteiger partial charge in [0.05, 0.1) is 24.2 Å². The summed E-state index contributed by atoms with van der Waals surface area (Å²) in [5.41, 5.74) is 3.42. The fourth-order valence-corrected chi connectivity index (χ4v) is 5.86. The molecule has 2 aliphatic rings. The van der Waals surface area contributed by atoms with Crippen molar-refractivity contribution in [2.24, 2.45) is 0 Å². The van der Waals surface area contributed by atoms with Crippen molar-refractivity contribution in [3.63, 3.8) is 0 Å². The topological polar surface area (TPSA) is 97.2 Å². The van der Waals surface area contributed by atoms with Gasteiger partial charge in [0.2, 0.25) is 11.9 Å². The van der Waals surface area contributed by atoms with Crippen molar-refractivity contribution in [1.82, 2.24) is 24.8 Å². The van der Waals surface area contributed by atoms with Crippen LogP contribution >= 0.6 is 0 Å². The summed E-state index contributed by atoms with van der Waals surface area (Å²) in [7, 11) is 0. The Morgan fingerprint density at radius 3 is 2.40 bits per heavy atom. The second kappa shape index (κ2) is 13.0. The predicted octanol–water partition coefficient (Wildman–Crippen LogP) is 5.37. The molecule has 2 aromatic heterocycles. The molecule has 3 heterocycles. The van der Waals surface area contributed by atoms with E-state index in [1.54, 1.807) is 30.3 Å². The zero-order valence-electron chi connectivity index (χ0n) is 24.3. The van der Waals surface area contributed by atoms with Gasteiger partial charge >= 0.3 is 0 Å². The van der Waals surface area contributed by atoms with Gasteiger partial charge in [0.25, 0.3) is 6.43 Å². The van der Waals surface area contributed by atoms with E-state index < -0.39 is 6.43 Å². The van der Waals surface area contributed by atoms with Gasteiger partial charge in [-0.25, -0.2) is 13.8 Å². The van der Waals surface area contributed by atoms with Gasteiger partial charge in [-0.1, -0.05) is 42.0 Å². The van der Waals surface area contributed by atoms with Crippen molar-refractivity contribution >= 4 is 28.7 Å². The normalized spacial score (nSPS) is 19.1. The molecule has 0 bridgehead atoms. The Morgan fingerprint density at radius 1 is 0.953 bits per heavy atom. The first-order chi connectivity index (χ1) is 20.9. The molecule has 1 aliphatic carbocycles. The van der Waals surface area contributed by atoms with Crippen LogP contribution in [-0.4, -0.2) is 63.8 Å². The maximum Gasteiger partial charge on any atom is 0.296 e. The molecule has 43 heavy (non-hydrogen) atoms. The third-order valence-corrected chi connectivity index (χ3v) is 8.23. The summed E-state index contributed by atoms with van der Waals surface area (Å²) in [6.45, 7) is 4.49. The van der Waals surface area contributed by atoms with E-state index >= 15 is 0 Å². The lowest BCUT2D eigenvalue weighted by molar-refractivity contribution is -0.122. The van der Waals surface area contributed by atoms with Gasteiger partial charge in [0.1, 0.15) is 11.6 Å². The zero-order valence-corrected chi connectivity index (χ0v) is 24.3. The van der Waals surface area contributed by atoms with E-state index in [4.69, 9.17) is 14.7 Å². The molecule has 1 amide bonds. The highest BCUT2D eigenvalue weighted by molar-refractivity contribution is 5.78. The number of hydrogen-bond donors (Lipinski definition) is 2. The summed E-state index contributed by atoms with van der Waals surface area (Å²) in [6, 6.07) is 17.3. The molecule has 6 rings (SSSR count). The number of anilines is 2. The van der Waals surface area contributed by atoms with E-state index in [0.29, 0.717) is 61.3 Å². The highest BCUT2D eigenvalue weighted by atomic mass is 19.3. The number of halogens is 2. The minimum atomic E-state index is -2.77. The molecule has 0 atom stereocenters. The molecule has 2 aromatic carbocycles. The van der Waals surface area contributed by atoms with Crippen LogP contribution < -0.4 is 15.5 Å². The number of fused-ring (bicyclic) bond motifs is 1. The second-order valence-electron chi connectivity index (χ2n) is 11.3. The quantitative estimate of drug-likeness (QED) is 0.271. The molecule has 0 radical (unpaired) electrons. The number of para-hydroxylation sites is 2. The lowest BCUT2D eigenvalue weighted by Gasteiger charge is -2.31. The molecule has 0 spiro atoms. The van der Waals surface area contributed by atoms with Crippen LogP contribution in [0, 0.1) is 6.92 Å². The molecule has 11 heteroatoms. The molecule has 1 aliphatic heterocycles. The molecule has 0 unspecified atom stereocenters. The van der Waals surface area contributed by atoms with E-state index in [1.807, 2.05) is 0 Å². The van der Waals surface area contributed by atoms with E-state index in [-0.39, 0.29) is 23.8 Å². The maximum atomic E-state index is 14.2. The lowest BCUT2D eigenvalue weighted by Crippen LogP contribution is -2.40. The Hall–Kier alpha value is -4.12. The maximum absolute atomic E-state index is 14.2. The lowest BCUT2D eigenvalue weighted by atomic mass is 9.91. The van der Waals surface area contributed by atoms with Crippen LogP contribution in [0.15, 0.2) is 54.6 Å². The van der Waals surface area contributed by atoms with Crippen molar-refractivity contribution in [1.29, 1.82) is 0 Å². The van der Waals surface area contributed by atoms with Gasteiger partial charge in [0, 0.05) is 37.7 Å². The summed E-state index contributed by atoms with van der Waals surface area (Å²) in [5.74, 6) is 1.12. The van der Waals surface area contributed by atoms with Crippen LogP contribution in [0.3, 0.4) is 0 Å². The molecule has 9 nitrogen and oxygen atoms in total. The number of hydrogen-bond acceptors (Lipinski definition) is 7. The minimum absolute atomic E-state index is 0.0746. The first-order valence-electron chi connectivity index (χ1n) is 15.0. The highest BCUT2D eigenvalue weighted by Crippen LogP contribution is 2.30. The largest absolute Gasteiger partial charge is 0.378 e. The number of ether oxygens (including phenoxy) is 1. The number of amides is 1. The summed E-state index contributed by atoms with van der Waals surface area (Å²) >= 11 is 0. The number of imidazole rings is 1. The van der Waals surface area contributed by atoms with Crippen molar-refractivity contribution in [3.05, 3.63) is 71.5 Å². The third kappa shape index (κ3) is 6.93. The summed E-state index contributed by atoms with van der Waals surface area (Å²) < 4.78 is 35.3. The number of morpholine rings is 1. The van der Waals surface area contributed by atoms with Crippen molar-refractivity contribution in [2.75, 3.05) is 36.5 Å². The van der Waals surface area contributed by atoms with Gasteiger partial charge in [-0.05, 0) is 56.7 Å². The Kier molecular flexibility index (Phi) is 8.78. The van der Waals surface area contributed by atoms with Gasteiger partial charge < -0.3 is 20.3 Å². The number of carbonyl (C=O) groups is 1. The first kappa shape index (κ1) is 29.0. The van der Waals surface area contributed by atoms with Gasteiger partial charge in [-0.2, -0.15) is 9.97 Å². The van der Waals surface area contributed by atoms with Crippen molar-refractivity contribution < 1.29 is 18.3 Å². The summed E-state index contributed by atoms with van der Waals surface area (Å²) in [6.07, 6.45) is 1.77. The monoisotopic (exact) mass is 589 g/mol. The highest BCUT2D eigenvalue weighted by Gasteiger charge is 2.26. The van der Waals surface area contributed by atoms with E-state index in [0.717, 1.165) is 37.7 Å². The fraction of sp³-hybridized carbons (Fsp3) is 0.438. The Labute approximate surface area is 249 Å². The fourth-order valence-electron chi connectivity index (χ4n) is 5.86. The average molecular weight is 590 g/mol. The van der Waals surface area contributed by atoms with E-state index in [2.05, 4.69) is 51.7 Å². The number of carbonyl (C=O) groups excluding carboxylic acids is 1. The van der Waals surface area contributed by atoms with Crippen molar-refractivity contribution in [2.45, 2.75) is 64.0 Å². The Bertz CT molecular complexity index is 1550. The molecular formula is C32H37F2N7O2. The number of aromatic nitrogens is 4. The standard InChI is InChI=1S/C32H37F2N7O2/c1-21-6-8-22(9-7-21)10-15-29(42)35-23-11-13-24(14-12-23)36-32-38-27(40-16-18-43-19-17-40)20-28(39-32)41-26-5-3-2-4-25(26)37-31(41)30(33)34/h2-9,20,23-24,30H,10-19H2,1H3,(H,35,42)(H,36,38,39). The second-order valence-corrected chi connectivity index (χ2v) is 11.3. The summed E-state index contributed by atoms with van der Waals surface area (Å²) in [5, 5.41) is 6.67. The van der Waals surface area contributed by atoms with Crippen molar-refractivity contribution in [3.8, 4) is 5.82 Å². The van der Waals surface area contributed by atoms with Crippen LogP contribution in [0.4, 0.5) is 20.5 Å². The number of aryl methyl sites for hydroxylation is 2. The van der Waals surface area contributed by atoms with Gasteiger partial charge in [-0.3, -0.25) is 9.36 Å². The number of benzene rings is 2. The third-order valence-electron chi connectivity index (χ3n) is 8.23. The zero-order chi connectivity index (χ0) is 29.8. The number of rotatable bonds is 9. The molecule has 2 N–H and O–H groups in total. The van der Waals surface area contributed by atoms with Crippen LogP contribution in [0.25, 0.3) is 16.9 Å². The molecular weight excluding hydrogens is 552 g/mol. The minimum Gasteiger partial charge on any atom is -0.378 e. The number of nitrogens with one attached hydrogen (secondary N) is 2. The smallest absolute Gasteiger partial charge is 0.296 e. The molecule has 2 fully saturated rings. The molecule has 226 valence electrons. The van der Waals surface area contributed by atoms with Crippen LogP contribution in [0.5, 0.6) is 0 Å². The van der Waals surface area contributed by atoms with Crippen LogP contribution in [-0.2, 0) is 16.0 Å². The Morgan fingerprint density at radius 2 is 1.65 bits per heavy atom. The predicted molar refractivity (Wildman–Crippen MR) is 162 cm³/mol. The van der Waals surface area contributed by atoms with Gasteiger partial charge in [0.15, 0.2) is 5.82 Å². The Balaban J connectivity index is 1.15. The molecule has 1 saturated carbocycles. The number of nitrogens with zero attached hydrogens (tertiary/aromatic N) is 5. The molecule has 1 saturated heterocycles. The first-order valence-corrected chi connectivity index (χ1v) is 15.0. The SMILES string of the molecule is Cc1ccc(CCC(=O)NC2CCC(Nc3nc(N4CCOCC4)cc(-n4c(C(F)F)nc5ccccc54)n3)CC2)cc1. The van der Waals surface area contributed by atoms with Gasteiger partial charge in [-0.15, -0.1) is 0 Å². The van der Waals surface area contributed by atoms with Crippen LogP contribution in [0.1, 0.15) is 55.5 Å². The molecule has 4 aromatic rings. The average Bonchev–Trinajstić information content (AvgIpc) is 3.42. The number of alkyl halides is 2. The van der Waals surface area contributed by atoms with Crippen LogP contribution in [0.2, 0.25) is 0 Å². The summed E-state index contributed by atoms with van der Waals surface area (Å²) in [4.78, 5) is 28.4. The van der Waals surface area contributed by atoms with E-state index in [9.17, 15) is 13.6 Å². The van der Waals surface area contributed by atoms with E-state index in [1.165, 1.54) is 10.1 Å².